The lowest BCUT2D eigenvalue weighted by atomic mass is 9.89. The highest BCUT2D eigenvalue weighted by atomic mass is 79.9. The molecule has 1 saturated heterocycles. The van der Waals surface area contributed by atoms with Gasteiger partial charge in [-0.25, -0.2) is 8.42 Å². The highest BCUT2D eigenvalue weighted by Crippen LogP contribution is 2.32. The number of carbonyl (C=O) groups excluding carboxylic acids is 1. The SMILES string of the molecule is CCN(c1ccccc1)S(=O)(=O)c1cc(NC(=O)CN2CCC(c3ccc(Br)c(C)c3)CC2)ccc1Cl. The molecule has 4 rings (SSSR count). The third-order valence-corrected chi connectivity index (χ3v) is 10.00. The van der Waals surface area contributed by atoms with E-state index >= 15 is 0 Å². The summed E-state index contributed by atoms with van der Waals surface area (Å²) < 4.78 is 29.3. The summed E-state index contributed by atoms with van der Waals surface area (Å²) in [6.07, 6.45) is 1.98. The minimum atomic E-state index is -3.92. The molecule has 9 heteroatoms. The van der Waals surface area contributed by atoms with Gasteiger partial charge in [0.15, 0.2) is 0 Å². The third-order valence-electron chi connectivity index (χ3n) is 6.72. The lowest BCUT2D eigenvalue weighted by Gasteiger charge is -2.32. The van der Waals surface area contributed by atoms with Gasteiger partial charge in [0.2, 0.25) is 5.91 Å². The fraction of sp³-hybridized carbons (Fsp3) is 0.321. The molecule has 0 radical (unpaired) electrons. The number of benzene rings is 3. The topological polar surface area (TPSA) is 69.7 Å². The van der Waals surface area contributed by atoms with Crippen LogP contribution in [0.25, 0.3) is 0 Å². The Kier molecular flexibility index (Phi) is 8.95. The molecule has 0 bridgehead atoms. The fourth-order valence-electron chi connectivity index (χ4n) is 4.73. The van der Waals surface area contributed by atoms with Crippen molar-refractivity contribution in [2.75, 3.05) is 35.8 Å². The number of anilines is 2. The molecule has 1 heterocycles. The molecule has 0 aromatic heterocycles. The Morgan fingerprint density at radius 2 is 1.78 bits per heavy atom. The normalized spacial score (nSPS) is 14.9. The molecule has 0 spiro atoms. The van der Waals surface area contributed by atoms with Gasteiger partial charge in [-0.05, 0) is 93.2 Å². The van der Waals surface area contributed by atoms with Crippen LogP contribution in [0.4, 0.5) is 11.4 Å². The quantitative estimate of drug-likeness (QED) is 0.321. The van der Waals surface area contributed by atoms with Gasteiger partial charge in [-0.2, -0.15) is 0 Å². The second-order valence-electron chi connectivity index (χ2n) is 9.26. The molecule has 6 nitrogen and oxygen atoms in total. The zero-order chi connectivity index (χ0) is 26.6. The molecule has 0 saturated carbocycles. The van der Waals surface area contributed by atoms with Crippen molar-refractivity contribution in [2.24, 2.45) is 0 Å². The summed E-state index contributed by atoms with van der Waals surface area (Å²) in [6, 6.07) is 20.0. The second-order valence-corrected chi connectivity index (χ2v) is 12.4. The third kappa shape index (κ3) is 6.55. The number of para-hydroxylation sites is 1. The summed E-state index contributed by atoms with van der Waals surface area (Å²) in [5, 5.41) is 2.96. The number of sulfonamides is 1. The number of piperidine rings is 1. The molecular weight excluding hydrogens is 574 g/mol. The van der Waals surface area contributed by atoms with Crippen molar-refractivity contribution >= 4 is 54.8 Å². The maximum atomic E-state index is 13.4. The number of halogens is 2. The van der Waals surface area contributed by atoms with Crippen LogP contribution < -0.4 is 9.62 Å². The summed E-state index contributed by atoms with van der Waals surface area (Å²) in [6.45, 7) is 6.02. The molecule has 1 amide bonds. The molecule has 1 N–H and O–H groups in total. The Labute approximate surface area is 232 Å². The molecule has 37 heavy (non-hydrogen) atoms. The molecule has 3 aromatic rings. The van der Waals surface area contributed by atoms with Crippen LogP contribution in [0.5, 0.6) is 0 Å². The van der Waals surface area contributed by atoms with Crippen LogP contribution in [-0.4, -0.2) is 45.4 Å². The minimum Gasteiger partial charge on any atom is -0.325 e. The summed E-state index contributed by atoms with van der Waals surface area (Å²) >= 11 is 9.88. The first-order chi connectivity index (χ1) is 17.7. The number of hydrogen-bond acceptors (Lipinski definition) is 4. The number of nitrogens with zero attached hydrogens (tertiary/aromatic N) is 2. The summed E-state index contributed by atoms with van der Waals surface area (Å²) in [4.78, 5) is 14.9. The highest BCUT2D eigenvalue weighted by molar-refractivity contribution is 9.10. The van der Waals surface area contributed by atoms with E-state index in [4.69, 9.17) is 11.6 Å². The molecule has 3 aromatic carbocycles. The highest BCUT2D eigenvalue weighted by Gasteiger charge is 2.27. The van der Waals surface area contributed by atoms with E-state index in [0.29, 0.717) is 17.3 Å². The van der Waals surface area contributed by atoms with Crippen molar-refractivity contribution in [2.45, 2.75) is 37.5 Å². The molecule has 1 aliphatic rings. The van der Waals surface area contributed by atoms with Gasteiger partial charge < -0.3 is 5.32 Å². The predicted octanol–water partition coefficient (Wildman–Crippen LogP) is 6.44. The zero-order valence-corrected chi connectivity index (χ0v) is 24.1. The van der Waals surface area contributed by atoms with Crippen molar-refractivity contribution in [3.8, 4) is 0 Å². The average molecular weight is 605 g/mol. The number of amides is 1. The van der Waals surface area contributed by atoms with Crippen LogP contribution in [-0.2, 0) is 14.8 Å². The second kappa shape index (κ2) is 12.0. The molecule has 0 atom stereocenters. The molecule has 1 aliphatic heterocycles. The lowest BCUT2D eigenvalue weighted by Crippen LogP contribution is -2.38. The van der Waals surface area contributed by atoms with E-state index in [0.717, 1.165) is 30.4 Å². The van der Waals surface area contributed by atoms with Gasteiger partial charge in [-0.3, -0.25) is 14.0 Å². The van der Waals surface area contributed by atoms with Crippen LogP contribution in [0, 0.1) is 6.92 Å². The number of aryl methyl sites for hydroxylation is 1. The molecule has 0 aliphatic carbocycles. The van der Waals surface area contributed by atoms with E-state index < -0.39 is 10.0 Å². The lowest BCUT2D eigenvalue weighted by molar-refractivity contribution is -0.117. The molecule has 1 fully saturated rings. The van der Waals surface area contributed by atoms with Gasteiger partial charge in [-0.15, -0.1) is 0 Å². The fourth-order valence-corrected chi connectivity index (χ4v) is 6.96. The van der Waals surface area contributed by atoms with Crippen molar-refractivity contribution in [1.82, 2.24) is 4.90 Å². The van der Waals surface area contributed by atoms with Gasteiger partial charge in [0, 0.05) is 16.7 Å². The largest absolute Gasteiger partial charge is 0.325 e. The van der Waals surface area contributed by atoms with Crippen LogP contribution in [0.2, 0.25) is 5.02 Å². The monoisotopic (exact) mass is 603 g/mol. The smallest absolute Gasteiger partial charge is 0.265 e. The van der Waals surface area contributed by atoms with Crippen LogP contribution >= 0.6 is 27.5 Å². The predicted molar refractivity (Wildman–Crippen MR) is 154 cm³/mol. The maximum absolute atomic E-state index is 13.4. The van der Waals surface area contributed by atoms with E-state index in [1.54, 1.807) is 37.3 Å². The number of likely N-dealkylation sites (tertiary alicyclic amines) is 1. The zero-order valence-electron chi connectivity index (χ0n) is 21.0. The molecule has 196 valence electrons. The van der Waals surface area contributed by atoms with Gasteiger partial charge >= 0.3 is 0 Å². The van der Waals surface area contributed by atoms with Crippen LogP contribution in [0.1, 0.15) is 36.8 Å². The van der Waals surface area contributed by atoms with Crippen molar-refractivity contribution in [1.29, 1.82) is 0 Å². The molecular formula is C28H31BrClN3O3S. The molecule has 0 unspecified atom stereocenters. The maximum Gasteiger partial charge on any atom is 0.265 e. The van der Waals surface area contributed by atoms with Gasteiger partial charge in [0.1, 0.15) is 4.90 Å². The first kappa shape index (κ1) is 27.6. The van der Waals surface area contributed by atoms with E-state index in [-0.39, 0.29) is 28.9 Å². The minimum absolute atomic E-state index is 0.0386. The Morgan fingerprint density at radius 3 is 2.43 bits per heavy atom. The van der Waals surface area contributed by atoms with Crippen molar-refractivity contribution in [3.05, 3.63) is 87.4 Å². The summed E-state index contributed by atoms with van der Waals surface area (Å²) in [5.74, 6) is 0.306. The van der Waals surface area contributed by atoms with Gasteiger partial charge in [-0.1, -0.05) is 57.9 Å². The standard InChI is InChI=1S/C28H31BrClN3O3S/c1-3-33(24-7-5-4-6-8-24)37(35,36)27-18-23(10-12-26(27)30)31-28(34)19-32-15-13-21(14-16-32)22-9-11-25(29)20(2)17-22/h4-12,17-18,21H,3,13-16,19H2,1-2H3,(H,31,34). The van der Waals surface area contributed by atoms with Crippen molar-refractivity contribution < 1.29 is 13.2 Å². The van der Waals surface area contributed by atoms with E-state index in [1.165, 1.54) is 27.6 Å². The van der Waals surface area contributed by atoms with Crippen LogP contribution in [0.15, 0.2) is 76.1 Å². The number of nitrogens with one attached hydrogen (secondary N) is 1. The first-order valence-electron chi connectivity index (χ1n) is 12.3. The Hall–Kier alpha value is -2.39. The first-order valence-corrected chi connectivity index (χ1v) is 15.0. The van der Waals surface area contributed by atoms with Gasteiger partial charge in [0.25, 0.3) is 10.0 Å². The number of carbonyl (C=O) groups is 1. The Morgan fingerprint density at radius 1 is 1.08 bits per heavy atom. The summed E-state index contributed by atoms with van der Waals surface area (Å²) in [7, 11) is -3.92. The Bertz CT molecular complexity index is 1360. The average Bonchev–Trinajstić information content (AvgIpc) is 2.88. The van der Waals surface area contributed by atoms with Crippen LogP contribution in [0.3, 0.4) is 0 Å². The number of hydrogen-bond donors (Lipinski definition) is 1. The summed E-state index contributed by atoms with van der Waals surface area (Å²) in [5.41, 5.74) is 3.53. The Balaban J connectivity index is 1.40. The van der Waals surface area contributed by atoms with E-state index in [1.807, 2.05) is 6.07 Å². The van der Waals surface area contributed by atoms with Gasteiger partial charge in [0.05, 0.1) is 17.3 Å². The number of rotatable bonds is 8. The van der Waals surface area contributed by atoms with Crippen molar-refractivity contribution in [3.63, 3.8) is 0 Å². The van der Waals surface area contributed by atoms with E-state index in [9.17, 15) is 13.2 Å². The van der Waals surface area contributed by atoms with E-state index in [2.05, 4.69) is 51.3 Å².